The molecule has 0 saturated carbocycles. The number of amides is 1. The van der Waals surface area contributed by atoms with Gasteiger partial charge in [-0.2, -0.15) is 0 Å². The Morgan fingerprint density at radius 1 is 1.27 bits per heavy atom. The second-order valence-corrected chi connectivity index (χ2v) is 6.63. The summed E-state index contributed by atoms with van der Waals surface area (Å²) >= 11 is 6.24. The molecule has 0 radical (unpaired) electrons. The van der Waals surface area contributed by atoms with E-state index in [2.05, 4.69) is 10.3 Å². The number of aromatic nitrogens is 1. The Balaban J connectivity index is 0.00000243. The van der Waals surface area contributed by atoms with Gasteiger partial charge >= 0.3 is 0 Å². The number of nitrogens with two attached hydrogens (primary N) is 1. The van der Waals surface area contributed by atoms with E-state index in [0.717, 1.165) is 22.2 Å². The van der Waals surface area contributed by atoms with Crippen LogP contribution in [0.1, 0.15) is 5.56 Å². The maximum atomic E-state index is 12.4. The Morgan fingerprint density at radius 3 is 2.69 bits per heavy atom. The minimum Gasteiger partial charge on any atom is -0.376 e. The number of hydrogen-bond donors (Lipinski definition) is 3. The van der Waals surface area contributed by atoms with Crippen LogP contribution in [-0.4, -0.2) is 31.0 Å². The number of halogens is 2. The van der Waals surface area contributed by atoms with Crippen molar-refractivity contribution in [2.24, 2.45) is 5.73 Å². The average Bonchev–Trinajstić information content (AvgIpc) is 2.97. The number of nitrogens with zero attached hydrogens (tertiary/aromatic N) is 1. The van der Waals surface area contributed by atoms with Crippen molar-refractivity contribution in [3.05, 3.63) is 59.2 Å². The minimum atomic E-state index is -0.647. The summed E-state index contributed by atoms with van der Waals surface area (Å²) in [5.74, 6) is -0.237. The van der Waals surface area contributed by atoms with Gasteiger partial charge in [0.1, 0.15) is 0 Å². The number of rotatable bonds is 5. The first kappa shape index (κ1) is 20.1. The van der Waals surface area contributed by atoms with Crippen LogP contribution in [0.4, 0.5) is 11.4 Å². The summed E-state index contributed by atoms with van der Waals surface area (Å²) in [5.41, 5.74) is 9.69. The number of para-hydroxylation sites is 1. The van der Waals surface area contributed by atoms with Gasteiger partial charge in [0.05, 0.1) is 16.8 Å². The van der Waals surface area contributed by atoms with E-state index >= 15 is 0 Å². The van der Waals surface area contributed by atoms with Crippen molar-refractivity contribution < 1.29 is 4.79 Å². The summed E-state index contributed by atoms with van der Waals surface area (Å²) in [7, 11) is 3.83. The zero-order chi connectivity index (χ0) is 18.0. The fourth-order valence-electron chi connectivity index (χ4n) is 2.81. The molecule has 7 heteroatoms. The quantitative estimate of drug-likeness (QED) is 0.617. The lowest BCUT2D eigenvalue weighted by Crippen LogP contribution is -2.37. The maximum absolute atomic E-state index is 12.4. The lowest BCUT2D eigenvalue weighted by molar-refractivity contribution is -0.117. The predicted octanol–water partition coefficient (Wildman–Crippen LogP) is 3.82. The minimum absolute atomic E-state index is 0. The Morgan fingerprint density at radius 2 is 2.00 bits per heavy atom. The lowest BCUT2D eigenvalue weighted by atomic mass is 10.0. The molecule has 0 aliphatic heterocycles. The highest BCUT2D eigenvalue weighted by Crippen LogP contribution is 2.27. The normalized spacial score (nSPS) is 11.7. The number of anilines is 2. The second-order valence-electron chi connectivity index (χ2n) is 6.22. The van der Waals surface area contributed by atoms with Crippen LogP contribution in [0.5, 0.6) is 0 Å². The zero-order valence-electron chi connectivity index (χ0n) is 14.6. The smallest absolute Gasteiger partial charge is 0.241 e. The van der Waals surface area contributed by atoms with Crippen LogP contribution in [0, 0.1) is 0 Å². The van der Waals surface area contributed by atoms with Crippen molar-refractivity contribution in [2.45, 2.75) is 12.5 Å². The number of H-pyrrole nitrogens is 1. The summed E-state index contributed by atoms with van der Waals surface area (Å²) < 4.78 is 0. The molecule has 0 spiro atoms. The Hall–Kier alpha value is -2.21. The summed E-state index contributed by atoms with van der Waals surface area (Å²) in [6.07, 6.45) is 2.36. The van der Waals surface area contributed by atoms with Crippen molar-refractivity contribution >= 4 is 52.2 Å². The van der Waals surface area contributed by atoms with E-state index in [1.54, 1.807) is 6.07 Å². The zero-order valence-corrected chi connectivity index (χ0v) is 16.2. The van der Waals surface area contributed by atoms with Gasteiger partial charge in [-0.05, 0) is 36.2 Å². The molecule has 1 atom stereocenters. The van der Waals surface area contributed by atoms with E-state index in [-0.39, 0.29) is 18.3 Å². The molecule has 0 saturated heterocycles. The fraction of sp³-hybridized carbons (Fsp3) is 0.211. The van der Waals surface area contributed by atoms with Gasteiger partial charge in [-0.1, -0.05) is 29.8 Å². The van der Waals surface area contributed by atoms with Crippen LogP contribution in [-0.2, 0) is 11.2 Å². The monoisotopic (exact) mass is 392 g/mol. The molecule has 4 N–H and O–H groups in total. The van der Waals surface area contributed by atoms with E-state index in [9.17, 15) is 4.79 Å². The maximum Gasteiger partial charge on any atom is 0.241 e. The first-order chi connectivity index (χ1) is 12.0. The number of carbonyl (C=O) groups excluding carboxylic acids is 1. The molecule has 3 aromatic rings. The van der Waals surface area contributed by atoms with Crippen LogP contribution in [0.15, 0.2) is 48.7 Å². The molecule has 0 aliphatic carbocycles. The van der Waals surface area contributed by atoms with Crippen LogP contribution in [0.3, 0.4) is 0 Å². The highest BCUT2D eigenvalue weighted by atomic mass is 35.5. The van der Waals surface area contributed by atoms with Gasteiger partial charge in [-0.3, -0.25) is 4.79 Å². The van der Waals surface area contributed by atoms with E-state index < -0.39 is 6.04 Å². The Bertz CT molecular complexity index is 907. The largest absolute Gasteiger partial charge is 0.376 e. The van der Waals surface area contributed by atoms with Crippen LogP contribution >= 0.6 is 24.0 Å². The number of fused-ring (bicyclic) bond motifs is 1. The third-order valence-electron chi connectivity index (χ3n) is 4.15. The van der Waals surface area contributed by atoms with Crippen LogP contribution in [0.2, 0.25) is 5.02 Å². The van der Waals surface area contributed by atoms with Gasteiger partial charge in [0.25, 0.3) is 0 Å². The SMILES string of the molecule is CN(C)c1ccc(NC(=O)[C@H](N)Cc2c[nH]c3ccccc23)cc1Cl.Cl. The number of nitrogens with one attached hydrogen (secondary N) is 2. The van der Waals surface area contributed by atoms with Gasteiger partial charge in [-0.15, -0.1) is 12.4 Å². The third-order valence-corrected chi connectivity index (χ3v) is 4.45. The van der Waals surface area contributed by atoms with E-state index in [1.807, 2.05) is 61.6 Å². The van der Waals surface area contributed by atoms with Crippen molar-refractivity contribution in [3.8, 4) is 0 Å². The fourth-order valence-corrected chi connectivity index (χ4v) is 3.16. The molecule has 1 heterocycles. The van der Waals surface area contributed by atoms with Crippen LogP contribution in [0.25, 0.3) is 10.9 Å². The molecule has 1 amide bonds. The molecule has 0 fully saturated rings. The van der Waals surface area contributed by atoms with Crippen molar-refractivity contribution in [3.63, 3.8) is 0 Å². The number of hydrogen-bond acceptors (Lipinski definition) is 3. The molecule has 1 aromatic heterocycles. The van der Waals surface area contributed by atoms with E-state index in [4.69, 9.17) is 17.3 Å². The molecule has 3 rings (SSSR count). The summed E-state index contributed by atoms with van der Waals surface area (Å²) in [4.78, 5) is 17.5. The van der Waals surface area contributed by atoms with Crippen molar-refractivity contribution in [1.82, 2.24) is 4.98 Å². The number of benzene rings is 2. The van der Waals surface area contributed by atoms with Crippen molar-refractivity contribution in [2.75, 3.05) is 24.3 Å². The predicted molar refractivity (Wildman–Crippen MR) is 112 cm³/mol. The molecule has 0 bridgehead atoms. The first-order valence-corrected chi connectivity index (χ1v) is 8.42. The van der Waals surface area contributed by atoms with Gasteiger partial charge in [0.15, 0.2) is 0 Å². The highest BCUT2D eigenvalue weighted by molar-refractivity contribution is 6.33. The summed E-state index contributed by atoms with van der Waals surface area (Å²) in [6, 6.07) is 12.7. The van der Waals surface area contributed by atoms with Crippen LogP contribution < -0.4 is 16.0 Å². The molecule has 0 unspecified atom stereocenters. The van der Waals surface area contributed by atoms with Crippen molar-refractivity contribution in [1.29, 1.82) is 0 Å². The topological polar surface area (TPSA) is 74.2 Å². The molecule has 138 valence electrons. The van der Waals surface area contributed by atoms with Gasteiger partial charge in [0, 0.05) is 36.9 Å². The number of aromatic amines is 1. The molecule has 5 nitrogen and oxygen atoms in total. The molecule has 26 heavy (non-hydrogen) atoms. The second kappa shape index (κ2) is 8.45. The molecular weight excluding hydrogens is 371 g/mol. The van der Waals surface area contributed by atoms with E-state index in [0.29, 0.717) is 17.1 Å². The third kappa shape index (κ3) is 4.30. The first-order valence-electron chi connectivity index (χ1n) is 8.04. The van der Waals surface area contributed by atoms with Gasteiger partial charge in [-0.25, -0.2) is 0 Å². The average molecular weight is 393 g/mol. The van der Waals surface area contributed by atoms with Gasteiger partial charge < -0.3 is 20.9 Å². The summed E-state index contributed by atoms with van der Waals surface area (Å²) in [6.45, 7) is 0. The summed E-state index contributed by atoms with van der Waals surface area (Å²) in [5, 5.41) is 4.50. The highest BCUT2D eigenvalue weighted by Gasteiger charge is 2.17. The number of carbonyl (C=O) groups is 1. The molecule has 0 aliphatic rings. The molecule has 2 aromatic carbocycles. The molecular formula is C19H22Cl2N4O. The van der Waals surface area contributed by atoms with E-state index in [1.165, 1.54) is 0 Å². The standard InChI is InChI=1S/C19H21ClN4O.ClH/c1-24(2)18-8-7-13(10-15(18)20)23-19(25)16(21)9-12-11-22-17-6-4-3-5-14(12)17;/h3-8,10-11,16,22H,9,21H2,1-2H3,(H,23,25);1H/t16-;/m1./s1. The Kier molecular flexibility index (Phi) is 6.53. The Labute approximate surface area is 163 Å². The lowest BCUT2D eigenvalue weighted by Gasteiger charge is -2.16. The van der Waals surface area contributed by atoms with Gasteiger partial charge in [0.2, 0.25) is 5.91 Å².